The SMILES string of the molecule is CCCC(=O)Nc1ccc(NC(=O)[C@@H]2CCCN2S(C)(=O)=O)cc1OC. The van der Waals surface area contributed by atoms with Gasteiger partial charge in [-0.2, -0.15) is 4.31 Å². The smallest absolute Gasteiger partial charge is 0.242 e. The molecule has 26 heavy (non-hydrogen) atoms. The van der Waals surface area contributed by atoms with E-state index in [1.165, 1.54) is 11.4 Å². The summed E-state index contributed by atoms with van der Waals surface area (Å²) in [7, 11) is -1.96. The van der Waals surface area contributed by atoms with Gasteiger partial charge in [0.2, 0.25) is 21.8 Å². The number of nitrogens with one attached hydrogen (secondary N) is 2. The summed E-state index contributed by atoms with van der Waals surface area (Å²) in [5.41, 5.74) is 0.989. The van der Waals surface area contributed by atoms with Gasteiger partial charge < -0.3 is 15.4 Å². The maximum Gasteiger partial charge on any atom is 0.242 e. The average Bonchev–Trinajstić information content (AvgIpc) is 3.06. The van der Waals surface area contributed by atoms with Gasteiger partial charge >= 0.3 is 0 Å². The molecule has 0 bridgehead atoms. The van der Waals surface area contributed by atoms with Gasteiger partial charge in [0.25, 0.3) is 0 Å². The standard InChI is InChI=1S/C17H25N3O5S/c1-4-6-16(21)19-13-9-8-12(11-15(13)25-2)18-17(22)14-7-5-10-20(14)26(3,23)24/h8-9,11,14H,4-7,10H2,1-3H3,(H,18,22)(H,19,21)/t14-/m0/s1. The molecule has 1 aliphatic rings. The van der Waals surface area contributed by atoms with Crippen LogP contribution in [0.2, 0.25) is 0 Å². The van der Waals surface area contributed by atoms with Gasteiger partial charge in [-0.05, 0) is 31.4 Å². The van der Waals surface area contributed by atoms with E-state index in [-0.39, 0.29) is 11.8 Å². The van der Waals surface area contributed by atoms with E-state index in [2.05, 4.69) is 10.6 Å². The molecule has 1 aromatic carbocycles. The van der Waals surface area contributed by atoms with Gasteiger partial charge in [-0.15, -0.1) is 0 Å². The van der Waals surface area contributed by atoms with E-state index in [1.807, 2.05) is 6.92 Å². The Kier molecular flexibility index (Phi) is 6.60. The Balaban J connectivity index is 2.12. The Hall–Kier alpha value is -2.13. The second kappa shape index (κ2) is 8.50. The first-order valence-electron chi connectivity index (χ1n) is 8.51. The second-order valence-corrected chi connectivity index (χ2v) is 8.17. The lowest BCUT2D eigenvalue weighted by molar-refractivity contribution is -0.119. The summed E-state index contributed by atoms with van der Waals surface area (Å²) in [6, 6.07) is 4.17. The van der Waals surface area contributed by atoms with Crippen LogP contribution in [0.5, 0.6) is 5.75 Å². The van der Waals surface area contributed by atoms with Crippen molar-refractivity contribution in [1.29, 1.82) is 0 Å². The third kappa shape index (κ3) is 4.95. The quantitative estimate of drug-likeness (QED) is 0.747. The number of rotatable bonds is 7. The molecule has 0 radical (unpaired) electrons. The van der Waals surface area contributed by atoms with Crippen LogP contribution in [0.15, 0.2) is 18.2 Å². The Morgan fingerprint density at radius 2 is 2.04 bits per heavy atom. The molecule has 1 fully saturated rings. The molecule has 1 aliphatic heterocycles. The van der Waals surface area contributed by atoms with Crippen LogP contribution in [0.4, 0.5) is 11.4 Å². The highest BCUT2D eigenvalue weighted by atomic mass is 32.2. The van der Waals surface area contributed by atoms with Crippen molar-refractivity contribution < 1.29 is 22.7 Å². The molecule has 0 aliphatic carbocycles. The van der Waals surface area contributed by atoms with Gasteiger partial charge in [0.05, 0.1) is 19.1 Å². The van der Waals surface area contributed by atoms with Crippen molar-refractivity contribution in [3.8, 4) is 5.75 Å². The summed E-state index contributed by atoms with van der Waals surface area (Å²) in [5.74, 6) is -0.0753. The molecular weight excluding hydrogens is 358 g/mol. The number of hydrogen-bond donors (Lipinski definition) is 2. The highest BCUT2D eigenvalue weighted by molar-refractivity contribution is 7.88. The molecule has 0 unspecified atom stereocenters. The van der Waals surface area contributed by atoms with Crippen molar-refractivity contribution in [2.75, 3.05) is 30.5 Å². The minimum absolute atomic E-state index is 0.114. The van der Waals surface area contributed by atoms with E-state index in [1.54, 1.807) is 18.2 Å². The fourth-order valence-corrected chi connectivity index (χ4v) is 4.06. The summed E-state index contributed by atoms with van der Waals surface area (Å²) >= 11 is 0. The van der Waals surface area contributed by atoms with Crippen LogP contribution in [0.1, 0.15) is 32.6 Å². The second-order valence-electron chi connectivity index (χ2n) is 6.23. The van der Waals surface area contributed by atoms with Crippen LogP contribution in [0.25, 0.3) is 0 Å². The molecule has 1 aromatic rings. The Morgan fingerprint density at radius 1 is 1.31 bits per heavy atom. The van der Waals surface area contributed by atoms with Crippen molar-refractivity contribution in [2.24, 2.45) is 0 Å². The van der Waals surface area contributed by atoms with E-state index < -0.39 is 16.1 Å². The highest BCUT2D eigenvalue weighted by Gasteiger charge is 2.36. The molecule has 9 heteroatoms. The number of carbonyl (C=O) groups is 2. The summed E-state index contributed by atoms with van der Waals surface area (Å²) < 4.78 is 30.1. The molecule has 2 rings (SSSR count). The van der Waals surface area contributed by atoms with Crippen LogP contribution >= 0.6 is 0 Å². The van der Waals surface area contributed by atoms with E-state index in [0.29, 0.717) is 42.9 Å². The highest BCUT2D eigenvalue weighted by Crippen LogP contribution is 2.29. The van der Waals surface area contributed by atoms with Gasteiger partial charge in [0.1, 0.15) is 11.8 Å². The zero-order chi connectivity index (χ0) is 19.3. The average molecular weight is 383 g/mol. The zero-order valence-electron chi connectivity index (χ0n) is 15.2. The fraction of sp³-hybridized carbons (Fsp3) is 0.529. The van der Waals surface area contributed by atoms with Crippen molar-refractivity contribution in [3.63, 3.8) is 0 Å². The molecule has 2 amide bonds. The lowest BCUT2D eigenvalue weighted by Crippen LogP contribution is -2.42. The largest absolute Gasteiger partial charge is 0.494 e. The first-order chi connectivity index (χ1) is 12.3. The maximum absolute atomic E-state index is 12.5. The van der Waals surface area contributed by atoms with Crippen LogP contribution in [0.3, 0.4) is 0 Å². The Morgan fingerprint density at radius 3 is 2.65 bits per heavy atom. The van der Waals surface area contributed by atoms with Crippen molar-refractivity contribution in [1.82, 2.24) is 4.31 Å². The third-order valence-corrected chi connectivity index (χ3v) is 5.44. The molecule has 2 N–H and O–H groups in total. The lowest BCUT2D eigenvalue weighted by atomic mass is 10.2. The van der Waals surface area contributed by atoms with Crippen LogP contribution < -0.4 is 15.4 Å². The third-order valence-electron chi connectivity index (χ3n) is 4.15. The van der Waals surface area contributed by atoms with Crippen molar-refractivity contribution >= 4 is 33.2 Å². The van der Waals surface area contributed by atoms with Gasteiger partial charge in [-0.1, -0.05) is 6.92 Å². The predicted molar refractivity (Wildman–Crippen MR) is 99.7 cm³/mol. The molecule has 0 aromatic heterocycles. The number of sulfonamides is 1. The van der Waals surface area contributed by atoms with Gasteiger partial charge in [-0.25, -0.2) is 8.42 Å². The van der Waals surface area contributed by atoms with Crippen LogP contribution in [0, 0.1) is 0 Å². The Bertz CT molecular complexity index is 779. The summed E-state index contributed by atoms with van der Waals surface area (Å²) in [5, 5.41) is 5.49. The monoisotopic (exact) mass is 383 g/mol. The van der Waals surface area contributed by atoms with Crippen LogP contribution in [-0.4, -0.2) is 50.5 Å². The fourth-order valence-electron chi connectivity index (χ4n) is 2.94. The number of carbonyl (C=O) groups excluding carboxylic acids is 2. The summed E-state index contributed by atoms with van der Waals surface area (Å²) in [6.07, 6.45) is 3.39. The topological polar surface area (TPSA) is 105 Å². The van der Waals surface area contributed by atoms with Gasteiger partial charge in [-0.3, -0.25) is 9.59 Å². The minimum atomic E-state index is -3.43. The molecule has 144 valence electrons. The molecule has 1 heterocycles. The molecule has 8 nitrogen and oxygen atoms in total. The maximum atomic E-state index is 12.5. The van der Waals surface area contributed by atoms with Crippen molar-refractivity contribution in [2.45, 2.75) is 38.6 Å². The predicted octanol–water partition coefficient (Wildman–Crippen LogP) is 1.80. The molecule has 0 spiro atoms. The zero-order valence-corrected chi connectivity index (χ0v) is 16.1. The number of hydrogen-bond acceptors (Lipinski definition) is 5. The number of nitrogens with zero attached hydrogens (tertiary/aromatic N) is 1. The lowest BCUT2D eigenvalue weighted by Gasteiger charge is -2.21. The van der Waals surface area contributed by atoms with E-state index in [0.717, 1.165) is 12.7 Å². The number of amides is 2. The summed E-state index contributed by atoms with van der Waals surface area (Å²) in [4.78, 5) is 24.2. The van der Waals surface area contributed by atoms with Gasteiger partial charge in [0.15, 0.2) is 0 Å². The number of benzene rings is 1. The van der Waals surface area contributed by atoms with Gasteiger partial charge in [0, 0.05) is 24.7 Å². The molecule has 1 saturated heterocycles. The molecular formula is C17H25N3O5S. The minimum Gasteiger partial charge on any atom is -0.494 e. The Labute approximate surface area is 153 Å². The first-order valence-corrected chi connectivity index (χ1v) is 10.4. The van der Waals surface area contributed by atoms with E-state index in [9.17, 15) is 18.0 Å². The van der Waals surface area contributed by atoms with E-state index >= 15 is 0 Å². The molecule has 0 saturated carbocycles. The normalized spacial score (nSPS) is 17.7. The van der Waals surface area contributed by atoms with Crippen LogP contribution in [-0.2, 0) is 19.6 Å². The number of anilines is 2. The number of ether oxygens (including phenoxy) is 1. The van der Waals surface area contributed by atoms with E-state index in [4.69, 9.17) is 4.74 Å². The van der Waals surface area contributed by atoms with Crippen molar-refractivity contribution in [3.05, 3.63) is 18.2 Å². The summed E-state index contributed by atoms with van der Waals surface area (Å²) in [6.45, 7) is 2.26. The number of methoxy groups -OCH3 is 1. The first kappa shape index (κ1) is 20.2. The molecule has 1 atom stereocenters.